The van der Waals surface area contributed by atoms with Crippen LogP contribution < -0.4 is 9.04 Å². The van der Waals surface area contributed by atoms with Crippen molar-refractivity contribution in [3.8, 4) is 5.75 Å². The van der Waals surface area contributed by atoms with E-state index in [0.717, 1.165) is 12.0 Å². The molecule has 1 atom stereocenters. The zero-order valence-electron chi connectivity index (χ0n) is 16.6. The number of nitrogens with zero attached hydrogens (tertiary/aromatic N) is 1. The number of rotatable bonds is 5. The number of hydrogen-bond donors (Lipinski definition) is 0. The summed E-state index contributed by atoms with van der Waals surface area (Å²) in [6.45, 7) is 4.88. The number of ether oxygens (including phenoxy) is 2. The number of carbonyl (C=O) groups excluding carboxylic acids is 1. The lowest BCUT2D eigenvalue weighted by Gasteiger charge is -2.38. The predicted molar refractivity (Wildman–Crippen MR) is 107 cm³/mol. The quantitative estimate of drug-likeness (QED) is 0.716. The van der Waals surface area contributed by atoms with Crippen molar-refractivity contribution in [2.75, 3.05) is 18.0 Å². The van der Waals surface area contributed by atoms with Crippen LogP contribution in [0.15, 0.2) is 41.3 Å². The molecule has 150 valence electrons. The molecule has 6 nitrogen and oxygen atoms in total. The van der Waals surface area contributed by atoms with Gasteiger partial charge in [-0.15, -0.1) is 0 Å². The van der Waals surface area contributed by atoms with E-state index in [-0.39, 0.29) is 11.5 Å². The number of benzene rings is 2. The molecule has 3 rings (SSSR count). The number of sulfonamides is 1. The lowest BCUT2D eigenvalue weighted by atomic mass is 9.98. The number of para-hydroxylation sites is 1. The van der Waals surface area contributed by atoms with Crippen molar-refractivity contribution < 1.29 is 22.7 Å². The number of aryl methyl sites for hydroxylation is 3. The van der Waals surface area contributed by atoms with E-state index in [4.69, 9.17) is 9.47 Å². The normalized spacial score (nSPS) is 16.4. The van der Waals surface area contributed by atoms with E-state index >= 15 is 0 Å². The lowest BCUT2D eigenvalue weighted by Crippen LogP contribution is -2.46. The monoisotopic (exact) mass is 403 g/mol. The van der Waals surface area contributed by atoms with E-state index in [1.54, 1.807) is 39.2 Å². The Hall–Kier alpha value is -2.54. The van der Waals surface area contributed by atoms with Crippen LogP contribution in [0.4, 0.5) is 5.69 Å². The van der Waals surface area contributed by atoms with E-state index in [0.29, 0.717) is 29.0 Å². The standard InChI is InChI=1S/C21H25NO5S/c1-14-11-19(26-4)12-15(2)21(14)28(24,25)22-18(13-27-16(3)23)10-9-17-7-5-6-8-20(17)22/h5-8,11-12,18H,9-10,13H2,1-4H3. The summed E-state index contributed by atoms with van der Waals surface area (Å²) in [5.74, 6) is 0.192. The minimum absolute atomic E-state index is 0.0249. The van der Waals surface area contributed by atoms with Crippen LogP contribution in [0.2, 0.25) is 0 Å². The molecule has 0 saturated carbocycles. The highest BCUT2D eigenvalue weighted by Crippen LogP contribution is 2.38. The van der Waals surface area contributed by atoms with Crippen LogP contribution in [0.3, 0.4) is 0 Å². The SMILES string of the molecule is COc1cc(C)c(S(=O)(=O)N2c3ccccc3CCC2COC(C)=O)c(C)c1. The summed E-state index contributed by atoms with van der Waals surface area (Å²) in [6, 6.07) is 10.5. The second-order valence-corrected chi connectivity index (χ2v) is 8.77. The van der Waals surface area contributed by atoms with Crippen molar-refractivity contribution in [1.82, 2.24) is 0 Å². The Morgan fingerprint density at radius 1 is 1.18 bits per heavy atom. The fraction of sp³-hybridized carbons (Fsp3) is 0.381. The molecule has 2 aromatic carbocycles. The summed E-state index contributed by atoms with van der Waals surface area (Å²) in [6.07, 6.45) is 1.31. The van der Waals surface area contributed by atoms with Crippen LogP contribution in [-0.4, -0.2) is 34.1 Å². The molecule has 7 heteroatoms. The second-order valence-electron chi connectivity index (χ2n) is 7.01. The summed E-state index contributed by atoms with van der Waals surface area (Å²) in [7, 11) is -2.32. The fourth-order valence-electron chi connectivity index (χ4n) is 3.80. The number of esters is 1. The first-order valence-corrected chi connectivity index (χ1v) is 10.6. The highest BCUT2D eigenvalue weighted by Gasteiger charge is 2.38. The Kier molecular flexibility index (Phi) is 5.65. The zero-order valence-corrected chi connectivity index (χ0v) is 17.4. The molecular formula is C21H25NO5S. The molecule has 2 aromatic rings. The van der Waals surface area contributed by atoms with Gasteiger partial charge in [-0.3, -0.25) is 9.10 Å². The summed E-state index contributed by atoms with van der Waals surface area (Å²) in [5, 5.41) is 0. The van der Waals surface area contributed by atoms with Crippen molar-refractivity contribution in [3.05, 3.63) is 53.1 Å². The first-order chi connectivity index (χ1) is 13.3. The Morgan fingerprint density at radius 3 is 2.43 bits per heavy atom. The van der Waals surface area contributed by atoms with Crippen molar-refractivity contribution >= 4 is 21.7 Å². The Bertz CT molecular complexity index is 977. The smallest absolute Gasteiger partial charge is 0.302 e. The molecule has 1 aliphatic rings. The molecule has 0 aromatic heterocycles. The highest BCUT2D eigenvalue weighted by atomic mass is 32.2. The molecule has 0 amide bonds. The molecule has 0 aliphatic carbocycles. The predicted octanol–water partition coefficient (Wildman–Crippen LogP) is 3.39. The molecule has 28 heavy (non-hydrogen) atoms. The van der Waals surface area contributed by atoms with E-state index < -0.39 is 22.0 Å². The van der Waals surface area contributed by atoms with E-state index in [9.17, 15) is 13.2 Å². The van der Waals surface area contributed by atoms with Crippen LogP contribution >= 0.6 is 0 Å². The van der Waals surface area contributed by atoms with Gasteiger partial charge in [-0.2, -0.15) is 0 Å². The van der Waals surface area contributed by atoms with Gasteiger partial charge in [-0.05, 0) is 61.6 Å². The fourth-order valence-corrected chi connectivity index (χ4v) is 5.92. The van der Waals surface area contributed by atoms with Crippen molar-refractivity contribution in [2.45, 2.75) is 44.6 Å². The van der Waals surface area contributed by atoms with Gasteiger partial charge in [0.05, 0.1) is 23.7 Å². The number of fused-ring (bicyclic) bond motifs is 1. The van der Waals surface area contributed by atoms with E-state index in [1.807, 2.05) is 18.2 Å². The molecule has 1 heterocycles. The highest BCUT2D eigenvalue weighted by molar-refractivity contribution is 7.93. The molecule has 0 fully saturated rings. The third-order valence-electron chi connectivity index (χ3n) is 4.97. The molecule has 0 spiro atoms. The topological polar surface area (TPSA) is 72.9 Å². The van der Waals surface area contributed by atoms with Crippen LogP contribution in [0.5, 0.6) is 5.75 Å². The summed E-state index contributed by atoms with van der Waals surface area (Å²) < 4.78 is 39.5. The maximum atomic E-state index is 13.8. The van der Waals surface area contributed by atoms with Crippen LogP contribution in [0.1, 0.15) is 30.0 Å². The van der Waals surface area contributed by atoms with Crippen molar-refractivity contribution in [2.24, 2.45) is 0 Å². The number of methoxy groups -OCH3 is 1. The Labute approximate surface area is 166 Å². The summed E-state index contributed by atoms with van der Waals surface area (Å²) >= 11 is 0. The van der Waals surface area contributed by atoms with Gasteiger partial charge >= 0.3 is 5.97 Å². The number of anilines is 1. The largest absolute Gasteiger partial charge is 0.497 e. The first-order valence-electron chi connectivity index (χ1n) is 9.16. The van der Waals surface area contributed by atoms with Gasteiger partial charge in [0.1, 0.15) is 12.4 Å². The van der Waals surface area contributed by atoms with Gasteiger partial charge in [0.15, 0.2) is 0 Å². The molecule has 1 aliphatic heterocycles. The minimum atomic E-state index is -3.87. The van der Waals surface area contributed by atoms with Crippen molar-refractivity contribution in [3.63, 3.8) is 0 Å². The third kappa shape index (κ3) is 3.71. The van der Waals surface area contributed by atoms with Gasteiger partial charge in [-0.1, -0.05) is 18.2 Å². The minimum Gasteiger partial charge on any atom is -0.497 e. The Balaban J connectivity index is 2.14. The zero-order chi connectivity index (χ0) is 20.5. The first kappa shape index (κ1) is 20.2. The molecule has 0 N–H and O–H groups in total. The van der Waals surface area contributed by atoms with Gasteiger partial charge < -0.3 is 9.47 Å². The summed E-state index contributed by atoms with van der Waals surface area (Å²) in [4.78, 5) is 11.6. The molecule has 0 bridgehead atoms. The van der Waals surface area contributed by atoms with Gasteiger partial charge in [0, 0.05) is 6.92 Å². The lowest BCUT2D eigenvalue weighted by molar-refractivity contribution is -0.141. The van der Waals surface area contributed by atoms with Gasteiger partial charge in [0.2, 0.25) is 0 Å². The summed E-state index contributed by atoms with van der Waals surface area (Å²) in [5.41, 5.74) is 2.84. The molecule has 0 radical (unpaired) electrons. The number of carbonyl (C=O) groups is 1. The van der Waals surface area contributed by atoms with E-state index in [1.165, 1.54) is 11.2 Å². The average molecular weight is 404 g/mol. The van der Waals surface area contributed by atoms with Gasteiger partial charge in [0.25, 0.3) is 10.0 Å². The van der Waals surface area contributed by atoms with Crippen LogP contribution in [0, 0.1) is 13.8 Å². The molecular weight excluding hydrogens is 378 g/mol. The van der Waals surface area contributed by atoms with Crippen LogP contribution in [-0.2, 0) is 26.0 Å². The Morgan fingerprint density at radius 2 is 1.82 bits per heavy atom. The van der Waals surface area contributed by atoms with Crippen LogP contribution in [0.25, 0.3) is 0 Å². The van der Waals surface area contributed by atoms with Crippen molar-refractivity contribution in [1.29, 1.82) is 0 Å². The average Bonchev–Trinajstić information content (AvgIpc) is 2.64. The second kappa shape index (κ2) is 7.83. The number of hydrogen-bond acceptors (Lipinski definition) is 5. The van der Waals surface area contributed by atoms with E-state index in [2.05, 4.69) is 0 Å². The van der Waals surface area contributed by atoms with Gasteiger partial charge in [-0.25, -0.2) is 8.42 Å². The molecule has 0 saturated heterocycles. The third-order valence-corrected chi connectivity index (χ3v) is 7.15. The maximum absolute atomic E-state index is 13.8. The maximum Gasteiger partial charge on any atom is 0.302 e. The molecule has 1 unspecified atom stereocenters.